The zero-order chi connectivity index (χ0) is 19.6. The Hall–Kier alpha value is -3.12. The second kappa shape index (κ2) is 7.25. The lowest BCUT2D eigenvalue weighted by Gasteiger charge is -2.35. The maximum atomic E-state index is 12.7. The Morgan fingerprint density at radius 2 is 1.81 bits per heavy atom. The summed E-state index contributed by atoms with van der Waals surface area (Å²) in [6.07, 6.45) is 2.41. The number of fused-ring (bicyclic) bond motifs is 1. The maximum absolute atomic E-state index is 12.7. The van der Waals surface area contributed by atoms with Gasteiger partial charge in [-0.25, -0.2) is 5.48 Å². The minimum Gasteiger partial charge on any atom is -0.497 e. The third kappa shape index (κ3) is 4.01. The van der Waals surface area contributed by atoms with E-state index in [4.69, 9.17) is 9.94 Å². The van der Waals surface area contributed by atoms with E-state index in [2.05, 4.69) is 19.2 Å². The number of carbonyl (C=O) groups is 2. The van der Waals surface area contributed by atoms with Crippen LogP contribution >= 0.6 is 0 Å². The molecule has 0 bridgehead atoms. The largest absolute Gasteiger partial charge is 0.497 e. The van der Waals surface area contributed by atoms with Crippen molar-refractivity contribution in [3.8, 4) is 5.75 Å². The molecule has 0 unspecified atom stereocenters. The molecule has 6 heteroatoms. The Labute approximate surface area is 157 Å². The third-order valence-electron chi connectivity index (χ3n) is 4.52. The van der Waals surface area contributed by atoms with E-state index in [1.54, 1.807) is 30.8 Å². The number of rotatable bonds is 4. The summed E-state index contributed by atoms with van der Waals surface area (Å²) in [5.74, 6) is -0.0722. The van der Waals surface area contributed by atoms with Crippen molar-refractivity contribution in [2.45, 2.75) is 25.8 Å². The van der Waals surface area contributed by atoms with Crippen LogP contribution in [-0.4, -0.2) is 29.5 Å². The zero-order valence-electron chi connectivity index (χ0n) is 15.5. The van der Waals surface area contributed by atoms with Crippen LogP contribution in [0.3, 0.4) is 0 Å². The van der Waals surface area contributed by atoms with Gasteiger partial charge in [-0.2, -0.15) is 0 Å². The highest BCUT2D eigenvalue weighted by molar-refractivity contribution is 6.09. The Bertz CT molecular complexity index is 914. The lowest BCUT2D eigenvalue weighted by Crippen LogP contribution is -2.43. The molecule has 2 aromatic rings. The smallest absolute Gasteiger partial charge is 0.274 e. The third-order valence-corrected chi connectivity index (χ3v) is 4.52. The summed E-state index contributed by atoms with van der Waals surface area (Å²) in [4.78, 5) is 24.1. The second-order valence-electron chi connectivity index (χ2n) is 7.15. The van der Waals surface area contributed by atoms with Crippen LogP contribution in [0.4, 0.5) is 0 Å². The van der Waals surface area contributed by atoms with Gasteiger partial charge in [-0.1, -0.05) is 18.2 Å². The molecule has 140 valence electrons. The number of methoxy groups -OCH3 is 1. The van der Waals surface area contributed by atoms with Gasteiger partial charge in [0.05, 0.1) is 7.11 Å². The summed E-state index contributed by atoms with van der Waals surface area (Å²) in [6.45, 7) is 4.17. The number of hydrogen-bond acceptors (Lipinski definition) is 5. The van der Waals surface area contributed by atoms with Crippen molar-refractivity contribution >= 4 is 17.4 Å². The highest BCUT2D eigenvalue weighted by Gasteiger charge is 2.28. The van der Waals surface area contributed by atoms with Crippen LogP contribution in [0.15, 0.2) is 48.5 Å². The minimum absolute atomic E-state index is 0.181. The van der Waals surface area contributed by atoms with Gasteiger partial charge in [-0.3, -0.25) is 14.8 Å². The van der Waals surface area contributed by atoms with Crippen molar-refractivity contribution in [3.63, 3.8) is 0 Å². The first-order chi connectivity index (χ1) is 12.8. The van der Waals surface area contributed by atoms with Crippen molar-refractivity contribution in [1.29, 1.82) is 0 Å². The molecule has 1 amide bonds. The van der Waals surface area contributed by atoms with Gasteiger partial charge < -0.3 is 10.1 Å². The number of benzene rings is 2. The Morgan fingerprint density at radius 1 is 1.15 bits per heavy atom. The van der Waals surface area contributed by atoms with Crippen LogP contribution < -0.4 is 15.5 Å². The average molecular weight is 366 g/mol. The molecule has 0 fully saturated rings. The normalized spacial score (nSPS) is 16.2. The first kappa shape index (κ1) is 18.7. The van der Waals surface area contributed by atoms with Crippen LogP contribution in [0.25, 0.3) is 5.70 Å². The van der Waals surface area contributed by atoms with Crippen LogP contribution in [0.2, 0.25) is 0 Å². The van der Waals surface area contributed by atoms with Gasteiger partial charge in [0.15, 0.2) is 5.78 Å². The highest BCUT2D eigenvalue weighted by Crippen LogP contribution is 2.32. The van der Waals surface area contributed by atoms with Gasteiger partial charge in [-0.15, -0.1) is 0 Å². The summed E-state index contributed by atoms with van der Waals surface area (Å²) in [7, 11) is 1.61. The zero-order valence-corrected chi connectivity index (χ0v) is 15.5. The van der Waals surface area contributed by atoms with Crippen LogP contribution in [-0.2, 0) is 6.42 Å². The summed E-state index contributed by atoms with van der Waals surface area (Å²) in [5.41, 5.74) is 4.94. The topological polar surface area (TPSA) is 87.7 Å². The Morgan fingerprint density at radius 3 is 2.44 bits per heavy atom. The Balaban J connectivity index is 1.96. The van der Waals surface area contributed by atoms with Gasteiger partial charge in [0.25, 0.3) is 5.91 Å². The van der Waals surface area contributed by atoms with Crippen LogP contribution in [0, 0.1) is 0 Å². The molecule has 1 aliphatic heterocycles. The van der Waals surface area contributed by atoms with E-state index in [9.17, 15) is 9.59 Å². The molecule has 1 heterocycles. The van der Waals surface area contributed by atoms with Crippen molar-refractivity contribution in [1.82, 2.24) is 10.8 Å². The number of nitrogens with one attached hydrogen (secondary N) is 2. The number of ketones is 1. The van der Waals surface area contributed by atoms with E-state index in [0.29, 0.717) is 5.56 Å². The molecule has 27 heavy (non-hydrogen) atoms. The maximum Gasteiger partial charge on any atom is 0.274 e. The molecule has 0 radical (unpaired) electrons. The summed E-state index contributed by atoms with van der Waals surface area (Å²) in [5, 5.41) is 12.1. The van der Waals surface area contributed by atoms with Gasteiger partial charge in [-0.05, 0) is 50.1 Å². The lowest BCUT2D eigenvalue weighted by atomic mass is 9.85. The molecule has 0 aromatic heterocycles. The predicted molar refractivity (Wildman–Crippen MR) is 102 cm³/mol. The number of amides is 1. The molecule has 0 saturated heterocycles. The van der Waals surface area contributed by atoms with E-state index in [1.807, 2.05) is 18.2 Å². The molecule has 6 nitrogen and oxygen atoms in total. The Kier molecular flexibility index (Phi) is 5.01. The lowest BCUT2D eigenvalue weighted by molar-refractivity contribution is 0.0706. The van der Waals surface area contributed by atoms with E-state index < -0.39 is 5.91 Å². The first-order valence-corrected chi connectivity index (χ1v) is 8.59. The van der Waals surface area contributed by atoms with E-state index in [-0.39, 0.29) is 16.9 Å². The van der Waals surface area contributed by atoms with Gasteiger partial charge in [0.1, 0.15) is 5.75 Å². The van der Waals surface area contributed by atoms with Crippen LogP contribution in [0.1, 0.15) is 45.7 Å². The predicted octanol–water partition coefficient (Wildman–Crippen LogP) is 2.96. The standard InChI is InChI=1S/C21H22N2O4/c1-21(2)12-15-8-9-16(27-3)10-17(15)18(22-21)11-19(24)13-4-6-14(7-5-13)20(25)23-26/h4-11,22,26H,12H2,1-3H3,(H,23,25). The number of hydrogen-bond donors (Lipinski definition) is 3. The number of hydroxylamine groups is 1. The number of ether oxygens (including phenoxy) is 1. The van der Waals surface area contributed by atoms with Gasteiger partial charge in [0.2, 0.25) is 0 Å². The molecule has 0 spiro atoms. The molecule has 2 aromatic carbocycles. The monoisotopic (exact) mass is 366 g/mol. The van der Waals surface area contributed by atoms with Crippen molar-refractivity contribution < 1.29 is 19.5 Å². The fraction of sp³-hybridized carbons (Fsp3) is 0.238. The molecule has 0 atom stereocenters. The molecule has 0 saturated carbocycles. The summed E-state index contributed by atoms with van der Waals surface area (Å²) in [6, 6.07) is 12.0. The average Bonchev–Trinajstić information content (AvgIpc) is 2.66. The second-order valence-corrected chi connectivity index (χ2v) is 7.15. The molecule has 3 N–H and O–H groups in total. The molecular weight excluding hydrogens is 344 g/mol. The quantitative estimate of drug-likeness (QED) is 0.335. The van der Waals surface area contributed by atoms with E-state index in [0.717, 1.165) is 29.0 Å². The highest BCUT2D eigenvalue weighted by atomic mass is 16.5. The number of allylic oxidation sites excluding steroid dienone is 1. The summed E-state index contributed by atoms with van der Waals surface area (Å²) >= 11 is 0. The number of carbonyl (C=O) groups excluding carboxylic acids is 2. The fourth-order valence-electron chi connectivity index (χ4n) is 3.22. The molecular formula is C21H22N2O4. The van der Waals surface area contributed by atoms with E-state index in [1.165, 1.54) is 12.1 Å². The van der Waals surface area contributed by atoms with Crippen LogP contribution in [0.5, 0.6) is 5.75 Å². The molecule has 1 aliphatic rings. The fourth-order valence-corrected chi connectivity index (χ4v) is 3.22. The van der Waals surface area contributed by atoms with E-state index >= 15 is 0 Å². The molecule has 0 aliphatic carbocycles. The van der Waals surface area contributed by atoms with Crippen molar-refractivity contribution in [2.75, 3.05) is 7.11 Å². The van der Waals surface area contributed by atoms with Crippen molar-refractivity contribution in [2.24, 2.45) is 0 Å². The first-order valence-electron chi connectivity index (χ1n) is 8.59. The SMILES string of the molecule is COc1ccc2c(c1)C(=CC(=O)c1ccc(C(=O)NO)cc1)NC(C)(C)C2. The van der Waals surface area contributed by atoms with Gasteiger partial charge >= 0.3 is 0 Å². The summed E-state index contributed by atoms with van der Waals surface area (Å²) < 4.78 is 5.32. The minimum atomic E-state index is -0.621. The van der Waals surface area contributed by atoms with Crippen molar-refractivity contribution in [3.05, 3.63) is 70.8 Å². The molecule has 3 rings (SSSR count). The van der Waals surface area contributed by atoms with Gasteiger partial charge in [0, 0.05) is 34.0 Å².